The summed E-state index contributed by atoms with van der Waals surface area (Å²) >= 11 is 0. The smallest absolute Gasteiger partial charge is 0.269 e. The lowest BCUT2D eigenvalue weighted by Crippen LogP contribution is -1.94. The van der Waals surface area contributed by atoms with Gasteiger partial charge in [0.25, 0.3) is 5.69 Å². The summed E-state index contributed by atoms with van der Waals surface area (Å²) in [6.45, 7) is 0. The summed E-state index contributed by atoms with van der Waals surface area (Å²) in [6.07, 6.45) is 1.84. The minimum absolute atomic E-state index is 0.0599. The van der Waals surface area contributed by atoms with Gasteiger partial charge in [-0.1, -0.05) is 0 Å². The summed E-state index contributed by atoms with van der Waals surface area (Å²) in [6, 6.07) is 11.7. The van der Waals surface area contributed by atoms with E-state index in [4.69, 9.17) is 5.73 Å². The molecule has 6 heteroatoms. The number of hydrogen-bond donors (Lipinski definition) is 1. The minimum atomic E-state index is -0.427. The van der Waals surface area contributed by atoms with E-state index < -0.39 is 4.92 Å². The van der Waals surface area contributed by atoms with Crippen molar-refractivity contribution in [2.75, 3.05) is 5.73 Å². The van der Waals surface area contributed by atoms with Crippen LogP contribution in [-0.4, -0.2) is 14.7 Å². The molecule has 94 valence electrons. The van der Waals surface area contributed by atoms with Crippen LogP contribution in [0.15, 0.2) is 48.7 Å². The first-order chi connectivity index (χ1) is 9.13. The van der Waals surface area contributed by atoms with Crippen LogP contribution in [0, 0.1) is 10.1 Å². The number of aromatic nitrogens is 2. The fourth-order valence-electron chi connectivity index (χ4n) is 1.90. The van der Waals surface area contributed by atoms with E-state index in [0.29, 0.717) is 5.69 Å². The second kappa shape index (κ2) is 4.09. The fourth-order valence-corrected chi connectivity index (χ4v) is 1.90. The number of non-ortho nitro benzene ring substituents is 1. The van der Waals surface area contributed by atoms with Gasteiger partial charge in [0.1, 0.15) is 0 Å². The van der Waals surface area contributed by atoms with Crippen molar-refractivity contribution in [3.05, 3.63) is 58.8 Å². The van der Waals surface area contributed by atoms with Crippen molar-refractivity contribution in [2.45, 2.75) is 0 Å². The molecule has 0 unspecified atom stereocenters. The molecular formula is C13H10N4O2. The fraction of sp³-hybridized carbons (Fsp3) is 0. The van der Waals surface area contributed by atoms with Gasteiger partial charge in [-0.15, -0.1) is 0 Å². The number of nitro groups is 1. The maximum absolute atomic E-state index is 10.6. The molecule has 1 heterocycles. The van der Waals surface area contributed by atoms with E-state index in [-0.39, 0.29) is 5.69 Å². The maximum atomic E-state index is 10.6. The summed E-state index contributed by atoms with van der Waals surface area (Å²) in [4.78, 5) is 10.2. The number of nitrogens with zero attached hydrogens (tertiary/aromatic N) is 3. The Labute approximate surface area is 108 Å². The van der Waals surface area contributed by atoms with Crippen LogP contribution in [-0.2, 0) is 0 Å². The van der Waals surface area contributed by atoms with Crippen molar-refractivity contribution in [2.24, 2.45) is 0 Å². The van der Waals surface area contributed by atoms with E-state index in [1.165, 1.54) is 12.1 Å². The van der Waals surface area contributed by atoms with Crippen LogP contribution in [0.2, 0.25) is 0 Å². The van der Waals surface area contributed by atoms with Crippen LogP contribution in [0.4, 0.5) is 11.4 Å². The second-order valence-corrected chi connectivity index (χ2v) is 4.17. The summed E-state index contributed by atoms with van der Waals surface area (Å²) < 4.78 is 1.67. The molecular weight excluding hydrogens is 244 g/mol. The van der Waals surface area contributed by atoms with Crippen LogP contribution >= 0.6 is 0 Å². The molecule has 0 radical (unpaired) electrons. The van der Waals surface area contributed by atoms with Crippen LogP contribution in [0.3, 0.4) is 0 Å². The predicted octanol–water partition coefficient (Wildman–Crippen LogP) is 2.52. The average molecular weight is 254 g/mol. The molecule has 0 saturated carbocycles. The highest BCUT2D eigenvalue weighted by Crippen LogP contribution is 2.20. The normalized spacial score (nSPS) is 10.7. The van der Waals surface area contributed by atoms with Crippen molar-refractivity contribution in [3.63, 3.8) is 0 Å². The Balaban J connectivity index is 2.06. The topological polar surface area (TPSA) is 87.0 Å². The number of nitrogens with two attached hydrogens (primary N) is 1. The number of nitrogen functional groups attached to an aromatic ring is 1. The van der Waals surface area contributed by atoms with Crippen LogP contribution < -0.4 is 5.73 Å². The number of anilines is 1. The highest BCUT2D eigenvalue weighted by Gasteiger charge is 2.06. The zero-order valence-corrected chi connectivity index (χ0v) is 9.85. The lowest BCUT2D eigenvalue weighted by molar-refractivity contribution is -0.384. The van der Waals surface area contributed by atoms with Gasteiger partial charge in [0.2, 0.25) is 0 Å². The standard InChI is InChI=1S/C13H10N4O2/c14-10-1-6-13-9(7-10)8-16(15-13)11-2-4-12(5-3-11)17(18)19/h1-8H,14H2. The van der Waals surface area contributed by atoms with E-state index in [0.717, 1.165) is 16.6 Å². The van der Waals surface area contributed by atoms with Crippen molar-refractivity contribution < 1.29 is 4.92 Å². The lowest BCUT2D eigenvalue weighted by Gasteiger charge is -1.99. The summed E-state index contributed by atoms with van der Waals surface area (Å²) in [5.41, 5.74) is 8.04. The van der Waals surface area contributed by atoms with E-state index in [1.54, 1.807) is 22.9 Å². The zero-order chi connectivity index (χ0) is 13.4. The van der Waals surface area contributed by atoms with Crippen molar-refractivity contribution in [1.82, 2.24) is 9.78 Å². The van der Waals surface area contributed by atoms with E-state index in [9.17, 15) is 10.1 Å². The minimum Gasteiger partial charge on any atom is -0.399 e. The quantitative estimate of drug-likeness (QED) is 0.432. The average Bonchev–Trinajstić information content (AvgIpc) is 2.81. The van der Waals surface area contributed by atoms with E-state index in [1.807, 2.05) is 18.3 Å². The van der Waals surface area contributed by atoms with Gasteiger partial charge in [0, 0.05) is 29.4 Å². The molecule has 19 heavy (non-hydrogen) atoms. The third kappa shape index (κ3) is 1.99. The first-order valence-corrected chi connectivity index (χ1v) is 5.63. The number of hydrogen-bond acceptors (Lipinski definition) is 4. The van der Waals surface area contributed by atoms with Gasteiger partial charge < -0.3 is 5.73 Å². The number of fused-ring (bicyclic) bond motifs is 1. The SMILES string of the molecule is Nc1ccc2nn(-c3ccc([N+](=O)[O-])cc3)cc2c1. The molecule has 0 amide bonds. The molecule has 2 N–H and O–H groups in total. The molecule has 0 aliphatic rings. The zero-order valence-electron chi connectivity index (χ0n) is 9.85. The second-order valence-electron chi connectivity index (χ2n) is 4.17. The van der Waals surface area contributed by atoms with Gasteiger partial charge >= 0.3 is 0 Å². The Morgan fingerprint density at radius 2 is 1.89 bits per heavy atom. The molecule has 2 aromatic carbocycles. The monoisotopic (exact) mass is 254 g/mol. The summed E-state index contributed by atoms with van der Waals surface area (Å²) in [5, 5.41) is 15.9. The van der Waals surface area contributed by atoms with Gasteiger partial charge in [0.15, 0.2) is 0 Å². The van der Waals surface area contributed by atoms with Gasteiger partial charge in [-0.25, -0.2) is 4.68 Å². The summed E-state index contributed by atoms with van der Waals surface area (Å²) in [7, 11) is 0. The third-order valence-electron chi connectivity index (χ3n) is 2.85. The van der Waals surface area contributed by atoms with Crippen molar-refractivity contribution in [3.8, 4) is 5.69 Å². The van der Waals surface area contributed by atoms with Crippen LogP contribution in [0.5, 0.6) is 0 Å². The van der Waals surface area contributed by atoms with Gasteiger partial charge in [-0.05, 0) is 30.3 Å². The molecule has 0 atom stereocenters. The van der Waals surface area contributed by atoms with E-state index in [2.05, 4.69) is 5.10 Å². The molecule has 3 rings (SSSR count). The molecule has 0 saturated heterocycles. The lowest BCUT2D eigenvalue weighted by atomic mass is 10.2. The van der Waals surface area contributed by atoms with Crippen molar-refractivity contribution in [1.29, 1.82) is 0 Å². The van der Waals surface area contributed by atoms with Crippen molar-refractivity contribution >= 4 is 22.3 Å². The van der Waals surface area contributed by atoms with E-state index >= 15 is 0 Å². The molecule has 0 fully saturated rings. The van der Waals surface area contributed by atoms with Crippen LogP contribution in [0.1, 0.15) is 0 Å². The molecule has 0 aliphatic carbocycles. The Morgan fingerprint density at radius 1 is 1.16 bits per heavy atom. The summed E-state index contributed by atoms with van der Waals surface area (Å²) in [5.74, 6) is 0. The molecule has 0 spiro atoms. The third-order valence-corrected chi connectivity index (χ3v) is 2.85. The molecule has 0 bridgehead atoms. The Bertz CT molecular complexity index is 762. The molecule has 0 aliphatic heterocycles. The Hall–Kier alpha value is -2.89. The highest BCUT2D eigenvalue weighted by molar-refractivity contribution is 5.81. The molecule has 3 aromatic rings. The molecule has 6 nitrogen and oxygen atoms in total. The van der Waals surface area contributed by atoms with Gasteiger partial charge in [-0.2, -0.15) is 5.10 Å². The van der Waals surface area contributed by atoms with Gasteiger partial charge in [-0.3, -0.25) is 10.1 Å². The van der Waals surface area contributed by atoms with Crippen LogP contribution in [0.25, 0.3) is 16.6 Å². The predicted molar refractivity (Wildman–Crippen MR) is 72.1 cm³/mol. The number of benzene rings is 2. The first-order valence-electron chi connectivity index (χ1n) is 5.63. The Kier molecular flexibility index (Phi) is 2.42. The largest absolute Gasteiger partial charge is 0.399 e. The van der Waals surface area contributed by atoms with Gasteiger partial charge in [0.05, 0.1) is 16.1 Å². The molecule has 1 aromatic heterocycles. The first kappa shape index (κ1) is 11.2. The number of nitro benzene ring substituents is 1. The number of rotatable bonds is 2. The Morgan fingerprint density at radius 3 is 2.58 bits per heavy atom. The highest BCUT2D eigenvalue weighted by atomic mass is 16.6. The maximum Gasteiger partial charge on any atom is 0.269 e.